The maximum atomic E-state index is 12.7. The summed E-state index contributed by atoms with van der Waals surface area (Å²) in [6, 6.07) is 11.5. The van der Waals surface area contributed by atoms with Crippen LogP contribution in [-0.4, -0.2) is 44.5 Å². The Morgan fingerprint density at radius 2 is 2.03 bits per heavy atom. The Bertz CT molecular complexity index is 1410. The normalized spacial score (nSPS) is 16.1. The SMILES string of the molecule is CCOc1cc(/C=C2\C(=N)N3N=C(c4ccncc4)SC3=NC2=O)ccc1OC(=O)c1ccco1. The maximum absolute atomic E-state index is 12.7. The van der Waals surface area contributed by atoms with E-state index in [2.05, 4.69) is 15.1 Å². The van der Waals surface area contributed by atoms with Crippen molar-refractivity contribution in [2.75, 3.05) is 6.61 Å². The van der Waals surface area contributed by atoms with Gasteiger partial charge < -0.3 is 13.9 Å². The second-order valence-corrected chi connectivity index (χ2v) is 8.12. The van der Waals surface area contributed by atoms with Gasteiger partial charge in [-0.3, -0.25) is 15.2 Å². The first-order valence-corrected chi connectivity index (χ1v) is 11.3. The van der Waals surface area contributed by atoms with Crippen LogP contribution in [0.4, 0.5) is 0 Å². The number of carbonyl (C=O) groups excluding carboxylic acids is 2. The second-order valence-electron chi connectivity index (χ2n) is 7.17. The number of amides is 1. The van der Waals surface area contributed by atoms with Crippen LogP contribution in [0, 0.1) is 5.41 Å². The molecular weight excluding hydrogens is 470 g/mol. The van der Waals surface area contributed by atoms with E-state index in [1.54, 1.807) is 55.7 Å². The van der Waals surface area contributed by atoms with Gasteiger partial charge in [0.25, 0.3) is 5.91 Å². The van der Waals surface area contributed by atoms with Gasteiger partial charge in [-0.25, -0.2) is 4.79 Å². The monoisotopic (exact) mass is 487 g/mol. The summed E-state index contributed by atoms with van der Waals surface area (Å²) >= 11 is 1.21. The van der Waals surface area contributed by atoms with Crippen molar-refractivity contribution < 1.29 is 23.5 Å². The largest absolute Gasteiger partial charge is 0.490 e. The van der Waals surface area contributed by atoms with Crippen LogP contribution in [0.2, 0.25) is 0 Å². The Kier molecular flexibility index (Phi) is 5.98. The third-order valence-corrected chi connectivity index (χ3v) is 5.84. The molecule has 10 nitrogen and oxygen atoms in total. The summed E-state index contributed by atoms with van der Waals surface area (Å²) in [7, 11) is 0. The molecule has 0 unspecified atom stereocenters. The lowest BCUT2D eigenvalue weighted by molar-refractivity contribution is -0.114. The average Bonchev–Trinajstić information content (AvgIpc) is 3.55. The summed E-state index contributed by atoms with van der Waals surface area (Å²) < 4.78 is 16.1. The average molecular weight is 487 g/mol. The maximum Gasteiger partial charge on any atom is 0.379 e. The van der Waals surface area contributed by atoms with Gasteiger partial charge in [0.2, 0.25) is 10.9 Å². The molecule has 35 heavy (non-hydrogen) atoms. The molecule has 0 spiro atoms. The molecule has 0 saturated carbocycles. The predicted octanol–water partition coefficient (Wildman–Crippen LogP) is 3.96. The fourth-order valence-corrected chi connectivity index (χ4v) is 4.18. The topological polar surface area (TPSA) is 130 Å². The zero-order valence-electron chi connectivity index (χ0n) is 18.3. The molecule has 0 bridgehead atoms. The van der Waals surface area contributed by atoms with Gasteiger partial charge in [0.05, 0.1) is 18.4 Å². The third-order valence-electron chi connectivity index (χ3n) is 4.89. The van der Waals surface area contributed by atoms with E-state index in [1.807, 2.05) is 0 Å². The highest BCUT2D eigenvalue weighted by Crippen LogP contribution is 2.33. The molecule has 1 aromatic carbocycles. The number of thioether (sulfide) groups is 1. The first-order chi connectivity index (χ1) is 17.0. The van der Waals surface area contributed by atoms with E-state index in [0.717, 1.165) is 5.56 Å². The summed E-state index contributed by atoms with van der Waals surface area (Å²) in [5, 5.41) is 15.3. The summed E-state index contributed by atoms with van der Waals surface area (Å²) in [5.74, 6) is -0.751. The summed E-state index contributed by atoms with van der Waals surface area (Å²) in [4.78, 5) is 33.1. The van der Waals surface area contributed by atoms with Crippen LogP contribution in [0.15, 0.2) is 81.2 Å². The summed E-state index contributed by atoms with van der Waals surface area (Å²) in [5.41, 5.74) is 1.44. The van der Waals surface area contributed by atoms with Gasteiger partial charge in [-0.1, -0.05) is 6.07 Å². The quantitative estimate of drug-likeness (QED) is 0.314. The Morgan fingerprint density at radius 3 is 2.77 bits per heavy atom. The van der Waals surface area contributed by atoms with Crippen molar-refractivity contribution >= 4 is 45.8 Å². The van der Waals surface area contributed by atoms with Crippen LogP contribution in [0.3, 0.4) is 0 Å². The lowest BCUT2D eigenvalue weighted by atomic mass is 10.1. The molecule has 4 heterocycles. The Morgan fingerprint density at radius 1 is 1.20 bits per heavy atom. The van der Waals surface area contributed by atoms with E-state index >= 15 is 0 Å². The lowest BCUT2D eigenvalue weighted by Crippen LogP contribution is -2.35. The molecule has 3 aromatic rings. The van der Waals surface area contributed by atoms with Gasteiger partial charge in [-0.05, 0) is 66.7 Å². The number of hydrazone groups is 1. The zero-order valence-corrected chi connectivity index (χ0v) is 19.1. The van der Waals surface area contributed by atoms with E-state index in [0.29, 0.717) is 28.1 Å². The molecule has 0 saturated heterocycles. The molecular formula is C24H17N5O5S. The zero-order chi connectivity index (χ0) is 24.4. The number of amidine groups is 2. The van der Waals surface area contributed by atoms with Gasteiger partial charge in [0, 0.05) is 18.0 Å². The van der Waals surface area contributed by atoms with E-state index < -0.39 is 11.9 Å². The minimum Gasteiger partial charge on any atom is -0.490 e. The molecule has 1 amide bonds. The number of benzene rings is 1. The van der Waals surface area contributed by atoms with E-state index in [1.165, 1.54) is 35.2 Å². The fraction of sp³-hybridized carbons (Fsp3) is 0.0833. The lowest BCUT2D eigenvalue weighted by Gasteiger charge is -2.20. The van der Waals surface area contributed by atoms with Crippen molar-refractivity contribution in [3.63, 3.8) is 0 Å². The number of fused-ring (bicyclic) bond motifs is 1. The molecule has 1 N–H and O–H groups in total. The van der Waals surface area contributed by atoms with Gasteiger partial charge in [-0.15, -0.1) is 0 Å². The van der Waals surface area contributed by atoms with E-state index in [4.69, 9.17) is 19.3 Å². The van der Waals surface area contributed by atoms with Crippen LogP contribution >= 0.6 is 11.8 Å². The van der Waals surface area contributed by atoms with Crippen LogP contribution in [0.25, 0.3) is 6.08 Å². The number of hydrogen-bond acceptors (Lipinski definition) is 9. The van der Waals surface area contributed by atoms with E-state index in [9.17, 15) is 9.59 Å². The van der Waals surface area contributed by atoms with Gasteiger partial charge >= 0.3 is 5.97 Å². The van der Waals surface area contributed by atoms with E-state index in [-0.39, 0.29) is 22.9 Å². The summed E-state index contributed by atoms with van der Waals surface area (Å²) in [6.45, 7) is 2.12. The highest BCUT2D eigenvalue weighted by Gasteiger charge is 2.36. The number of aromatic nitrogens is 1. The van der Waals surface area contributed by atoms with Crippen molar-refractivity contribution in [2.24, 2.45) is 10.1 Å². The van der Waals surface area contributed by atoms with Crippen molar-refractivity contribution in [1.29, 1.82) is 5.41 Å². The number of pyridine rings is 1. The van der Waals surface area contributed by atoms with Crippen LogP contribution < -0.4 is 9.47 Å². The highest BCUT2D eigenvalue weighted by molar-refractivity contribution is 8.27. The molecule has 174 valence electrons. The van der Waals surface area contributed by atoms with Gasteiger partial charge in [0.1, 0.15) is 5.04 Å². The fourth-order valence-electron chi connectivity index (χ4n) is 3.28. The highest BCUT2D eigenvalue weighted by atomic mass is 32.2. The smallest absolute Gasteiger partial charge is 0.379 e. The van der Waals surface area contributed by atoms with Crippen molar-refractivity contribution in [2.45, 2.75) is 6.92 Å². The second kappa shape index (κ2) is 9.39. The number of hydrogen-bond donors (Lipinski definition) is 1. The summed E-state index contributed by atoms with van der Waals surface area (Å²) in [6.07, 6.45) is 6.19. The van der Waals surface area contributed by atoms with Gasteiger partial charge in [-0.2, -0.15) is 15.1 Å². The Labute approximate surface area is 203 Å². The molecule has 11 heteroatoms. The number of esters is 1. The molecule has 2 aromatic heterocycles. The van der Waals surface area contributed by atoms with Gasteiger partial charge in [0.15, 0.2) is 17.3 Å². The number of rotatable bonds is 6. The first kappa shape index (κ1) is 22.3. The molecule has 2 aliphatic rings. The number of aliphatic imine (C=N–C) groups is 1. The third kappa shape index (κ3) is 4.49. The Hall–Kier alpha value is -4.51. The Balaban J connectivity index is 1.42. The number of nitrogens with zero attached hydrogens (tertiary/aromatic N) is 4. The molecule has 0 fully saturated rings. The van der Waals surface area contributed by atoms with Crippen LogP contribution in [0.5, 0.6) is 11.5 Å². The predicted molar refractivity (Wildman–Crippen MR) is 130 cm³/mol. The van der Waals surface area contributed by atoms with Crippen LogP contribution in [0.1, 0.15) is 28.6 Å². The van der Waals surface area contributed by atoms with Crippen LogP contribution in [-0.2, 0) is 4.79 Å². The minimum atomic E-state index is -0.664. The molecule has 0 radical (unpaired) electrons. The molecule has 0 aliphatic carbocycles. The number of furan rings is 1. The minimum absolute atomic E-state index is 0.0590. The number of nitrogens with one attached hydrogen (secondary N) is 1. The number of carbonyl (C=O) groups is 2. The number of ether oxygens (including phenoxy) is 2. The molecule has 2 aliphatic heterocycles. The standard InChI is InChI=1S/C24H17N5O5S/c1-2-32-19-13-14(5-6-17(19)34-23(31)18-4-3-11-33-18)12-16-20(25)29-24(27-21(16)30)35-22(28-29)15-7-9-26-10-8-15/h3-13,25H,2H2,1H3/b16-12+,25-20?. The first-order valence-electron chi connectivity index (χ1n) is 10.5. The van der Waals surface area contributed by atoms with Crippen molar-refractivity contribution in [3.05, 3.63) is 83.6 Å². The molecule has 0 atom stereocenters. The molecule has 5 rings (SSSR count). The van der Waals surface area contributed by atoms with Crippen molar-refractivity contribution in [1.82, 2.24) is 9.99 Å². The van der Waals surface area contributed by atoms with Crippen molar-refractivity contribution in [3.8, 4) is 11.5 Å².